The summed E-state index contributed by atoms with van der Waals surface area (Å²) in [5.74, 6) is 0.264. The van der Waals surface area contributed by atoms with Crippen molar-refractivity contribution in [1.29, 1.82) is 0 Å². The van der Waals surface area contributed by atoms with Gasteiger partial charge in [0.1, 0.15) is 23.9 Å². The first-order chi connectivity index (χ1) is 10.8. The fourth-order valence-electron chi connectivity index (χ4n) is 1.73. The molecule has 0 atom stereocenters. The summed E-state index contributed by atoms with van der Waals surface area (Å²) in [6, 6.07) is 11.4. The summed E-state index contributed by atoms with van der Waals surface area (Å²) in [4.78, 5) is 0. The predicted molar refractivity (Wildman–Crippen MR) is 74.7 cm³/mol. The van der Waals surface area contributed by atoms with Crippen molar-refractivity contribution >= 4 is 7.32 Å². The van der Waals surface area contributed by atoms with E-state index in [2.05, 4.69) is 4.74 Å². The minimum absolute atomic E-state index is 0.123. The molecule has 0 heterocycles. The molecular weight excluding hydrogens is 316 g/mol. The Labute approximate surface area is 130 Å². The molecule has 9 heteroatoms. The van der Waals surface area contributed by atoms with Crippen LogP contribution in [0.5, 0.6) is 17.2 Å². The molecule has 23 heavy (non-hydrogen) atoms. The van der Waals surface area contributed by atoms with Crippen molar-refractivity contribution in [2.45, 2.75) is 13.0 Å². The van der Waals surface area contributed by atoms with E-state index in [4.69, 9.17) is 19.4 Å². The molecule has 2 N–H and O–H groups in total. The van der Waals surface area contributed by atoms with E-state index in [9.17, 15) is 13.2 Å². The molecule has 0 saturated heterocycles. The normalized spacial score (nSPS) is 11.0. The van der Waals surface area contributed by atoms with Crippen LogP contribution in [-0.2, 0) is 6.61 Å². The summed E-state index contributed by atoms with van der Waals surface area (Å²) in [6.45, 7) is 0.123. The Bertz CT molecular complexity index is 631. The third-order valence-electron chi connectivity index (χ3n) is 2.60. The summed E-state index contributed by atoms with van der Waals surface area (Å²) in [6.07, 6.45) is -4.74. The van der Waals surface area contributed by atoms with Gasteiger partial charge in [-0.05, 0) is 42.0 Å². The van der Waals surface area contributed by atoms with E-state index >= 15 is 0 Å². The lowest BCUT2D eigenvalue weighted by Crippen LogP contribution is -2.20. The van der Waals surface area contributed by atoms with E-state index in [1.165, 1.54) is 18.2 Å². The Balaban J connectivity index is 1.93. The highest BCUT2D eigenvalue weighted by molar-refractivity contribution is 6.33. The molecule has 0 aliphatic carbocycles. The van der Waals surface area contributed by atoms with Crippen LogP contribution in [0.4, 0.5) is 13.2 Å². The third-order valence-corrected chi connectivity index (χ3v) is 2.60. The van der Waals surface area contributed by atoms with Gasteiger partial charge in [0.15, 0.2) is 0 Å². The van der Waals surface area contributed by atoms with Crippen molar-refractivity contribution in [3.8, 4) is 17.2 Å². The SMILES string of the molecule is OB(O)Oc1cccc(COc2ccc(OC(F)(F)F)cc2)c1. The molecule has 0 saturated carbocycles. The standard InChI is InChI=1S/C14H12BF3O5/c16-14(17,18)22-12-6-4-11(5-7-12)21-9-10-2-1-3-13(8-10)23-15(19)20/h1-8,19-20H,9H2. The number of alkyl halides is 3. The molecule has 0 bridgehead atoms. The fourth-order valence-corrected chi connectivity index (χ4v) is 1.73. The van der Waals surface area contributed by atoms with Gasteiger partial charge in [-0.3, -0.25) is 0 Å². The van der Waals surface area contributed by atoms with Gasteiger partial charge in [-0.2, -0.15) is 0 Å². The summed E-state index contributed by atoms with van der Waals surface area (Å²) in [5, 5.41) is 17.4. The molecule has 2 aromatic rings. The van der Waals surface area contributed by atoms with Crippen LogP contribution in [-0.4, -0.2) is 23.7 Å². The minimum atomic E-state index is -4.74. The van der Waals surface area contributed by atoms with Crippen LogP contribution in [0.3, 0.4) is 0 Å². The van der Waals surface area contributed by atoms with Crippen LogP contribution in [0.15, 0.2) is 48.5 Å². The molecule has 0 radical (unpaired) electrons. The van der Waals surface area contributed by atoms with E-state index in [1.54, 1.807) is 18.2 Å². The molecule has 0 amide bonds. The van der Waals surface area contributed by atoms with E-state index < -0.39 is 13.7 Å². The lowest BCUT2D eigenvalue weighted by molar-refractivity contribution is -0.274. The summed E-state index contributed by atoms with van der Waals surface area (Å²) >= 11 is 0. The van der Waals surface area contributed by atoms with Crippen LogP contribution in [0.2, 0.25) is 0 Å². The van der Waals surface area contributed by atoms with Gasteiger partial charge < -0.3 is 24.2 Å². The maximum absolute atomic E-state index is 12.0. The molecule has 0 spiro atoms. The summed E-state index contributed by atoms with van der Waals surface area (Å²) in [5.41, 5.74) is 0.679. The van der Waals surface area contributed by atoms with Gasteiger partial charge in [0.25, 0.3) is 0 Å². The minimum Gasteiger partial charge on any atom is -0.512 e. The number of ether oxygens (including phenoxy) is 2. The monoisotopic (exact) mass is 328 g/mol. The first kappa shape index (κ1) is 17.0. The quantitative estimate of drug-likeness (QED) is 0.798. The number of halogens is 3. The molecule has 122 valence electrons. The lowest BCUT2D eigenvalue weighted by Gasteiger charge is -2.11. The van der Waals surface area contributed by atoms with Gasteiger partial charge in [0.05, 0.1) is 0 Å². The molecular formula is C14H12BF3O5. The van der Waals surface area contributed by atoms with Gasteiger partial charge in [0.2, 0.25) is 0 Å². The van der Waals surface area contributed by atoms with Crippen molar-refractivity contribution in [2.24, 2.45) is 0 Å². The van der Waals surface area contributed by atoms with E-state index in [0.29, 0.717) is 11.3 Å². The molecule has 2 aromatic carbocycles. The van der Waals surface area contributed by atoms with Gasteiger partial charge in [-0.25, -0.2) is 0 Å². The fraction of sp³-hybridized carbons (Fsp3) is 0.143. The van der Waals surface area contributed by atoms with Crippen LogP contribution in [0.1, 0.15) is 5.56 Å². The first-order valence-electron chi connectivity index (χ1n) is 6.42. The molecule has 0 aliphatic rings. The number of rotatable bonds is 6. The second kappa shape index (κ2) is 7.25. The van der Waals surface area contributed by atoms with E-state index in [0.717, 1.165) is 12.1 Å². The number of benzene rings is 2. The lowest BCUT2D eigenvalue weighted by atomic mass is 10.2. The predicted octanol–water partition coefficient (Wildman–Crippen LogP) is 2.51. The van der Waals surface area contributed by atoms with Crippen LogP contribution in [0, 0.1) is 0 Å². The number of hydrogen-bond donors (Lipinski definition) is 2. The number of hydrogen-bond acceptors (Lipinski definition) is 5. The highest BCUT2D eigenvalue weighted by Crippen LogP contribution is 2.25. The van der Waals surface area contributed by atoms with Crippen molar-refractivity contribution in [3.63, 3.8) is 0 Å². The van der Waals surface area contributed by atoms with Crippen molar-refractivity contribution in [2.75, 3.05) is 0 Å². The average molecular weight is 328 g/mol. The Morgan fingerprint density at radius 3 is 2.17 bits per heavy atom. The maximum atomic E-state index is 12.0. The van der Waals surface area contributed by atoms with Gasteiger partial charge in [0, 0.05) is 0 Å². The Morgan fingerprint density at radius 1 is 0.913 bits per heavy atom. The topological polar surface area (TPSA) is 68.2 Å². The van der Waals surface area contributed by atoms with Crippen LogP contribution >= 0.6 is 0 Å². The zero-order valence-electron chi connectivity index (χ0n) is 11.7. The highest BCUT2D eigenvalue weighted by Gasteiger charge is 2.30. The Morgan fingerprint density at radius 2 is 1.57 bits per heavy atom. The first-order valence-corrected chi connectivity index (χ1v) is 6.42. The Kier molecular flexibility index (Phi) is 5.35. The zero-order valence-corrected chi connectivity index (χ0v) is 11.7. The van der Waals surface area contributed by atoms with Crippen LogP contribution in [0.25, 0.3) is 0 Å². The molecule has 2 rings (SSSR count). The zero-order chi connectivity index (χ0) is 16.9. The molecule has 0 aromatic heterocycles. The smallest absolute Gasteiger partial charge is 0.512 e. The van der Waals surface area contributed by atoms with E-state index in [1.807, 2.05) is 0 Å². The van der Waals surface area contributed by atoms with Gasteiger partial charge >= 0.3 is 13.7 Å². The Hall–Kier alpha value is -2.39. The second-order valence-corrected chi connectivity index (χ2v) is 4.40. The highest BCUT2D eigenvalue weighted by atomic mass is 19.4. The van der Waals surface area contributed by atoms with Gasteiger partial charge in [-0.15, -0.1) is 13.2 Å². The average Bonchev–Trinajstić information content (AvgIpc) is 2.45. The molecule has 0 unspecified atom stereocenters. The largest absolute Gasteiger partial charge is 0.707 e. The summed E-state index contributed by atoms with van der Waals surface area (Å²) < 4.78 is 50.0. The van der Waals surface area contributed by atoms with Crippen molar-refractivity contribution in [1.82, 2.24) is 0 Å². The van der Waals surface area contributed by atoms with Gasteiger partial charge in [-0.1, -0.05) is 12.1 Å². The molecule has 0 aliphatic heterocycles. The van der Waals surface area contributed by atoms with Crippen molar-refractivity contribution < 1.29 is 37.3 Å². The second-order valence-electron chi connectivity index (χ2n) is 4.40. The third kappa shape index (κ3) is 6.09. The molecule has 0 fully saturated rings. The van der Waals surface area contributed by atoms with Crippen molar-refractivity contribution in [3.05, 3.63) is 54.1 Å². The maximum Gasteiger partial charge on any atom is 0.707 e. The summed E-state index contributed by atoms with van der Waals surface area (Å²) in [7, 11) is -1.92. The van der Waals surface area contributed by atoms with E-state index in [-0.39, 0.29) is 18.1 Å². The molecule has 5 nitrogen and oxygen atoms in total. The van der Waals surface area contributed by atoms with Crippen LogP contribution < -0.4 is 14.1 Å².